The summed E-state index contributed by atoms with van der Waals surface area (Å²) in [5, 5.41) is 8.71. The van der Waals surface area contributed by atoms with Gasteiger partial charge in [0.05, 0.1) is 0 Å². The SMILES string of the molecule is CCCCC/C=C\C=C(/CC)C(=O)O. The molecule has 14 heavy (non-hydrogen) atoms. The van der Waals surface area contributed by atoms with Crippen molar-refractivity contribution in [3.8, 4) is 0 Å². The summed E-state index contributed by atoms with van der Waals surface area (Å²) in [5.41, 5.74) is 0.469. The molecule has 0 aromatic carbocycles. The first-order chi connectivity index (χ1) is 6.72. The number of unbranched alkanes of at least 4 members (excludes halogenated alkanes) is 3. The number of hydrogen-bond donors (Lipinski definition) is 1. The first kappa shape index (κ1) is 12.9. The molecule has 0 saturated carbocycles. The molecule has 0 amide bonds. The monoisotopic (exact) mass is 196 g/mol. The van der Waals surface area contributed by atoms with Crippen LogP contribution in [0.2, 0.25) is 0 Å². The summed E-state index contributed by atoms with van der Waals surface area (Å²) in [4.78, 5) is 10.6. The van der Waals surface area contributed by atoms with E-state index < -0.39 is 5.97 Å². The van der Waals surface area contributed by atoms with Crippen molar-refractivity contribution in [1.29, 1.82) is 0 Å². The van der Waals surface area contributed by atoms with E-state index in [1.807, 2.05) is 19.1 Å². The third-order valence-electron chi connectivity index (χ3n) is 2.06. The van der Waals surface area contributed by atoms with E-state index in [1.165, 1.54) is 19.3 Å². The minimum atomic E-state index is -0.814. The quantitative estimate of drug-likeness (QED) is 0.384. The number of carbonyl (C=O) groups is 1. The van der Waals surface area contributed by atoms with Gasteiger partial charge in [0.25, 0.3) is 0 Å². The van der Waals surface area contributed by atoms with Gasteiger partial charge in [0.2, 0.25) is 0 Å². The zero-order chi connectivity index (χ0) is 10.8. The molecule has 0 aromatic rings. The Morgan fingerprint density at radius 1 is 1.29 bits per heavy atom. The lowest BCUT2D eigenvalue weighted by Crippen LogP contribution is -1.97. The van der Waals surface area contributed by atoms with Crippen LogP contribution in [0.1, 0.15) is 46.0 Å². The fourth-order valence-corrected chi connectivity index (χ4v) is 1.13. The van der Waals surface area contributed by atoms with Crippen LogP contribution in [-0.2, 0) is 4.79 Å². The Balaban J connectivity index is 3.81. The predicted octanol–water partition coefficient (Wildman–Crippen LogP) is 3.54. The number of rotatable bonds is 7. The number of carboxylic acid groups (broad SMARTS) is 1. The largest absolute Gasteiger partial charge is 0.478 e. The van der Waals surface area contributed by atoms with Gasteiger partial charge in [-0.3, -0.25) is 0 Å². The highest BCUT2D eigenvalue weighted by molar-refractivity contribution is 5.86. The first-order valence-corrected chi connectivity index (χ1v) is 5.31. The molecular weight excluding hydrogens is 176 g/mol. The fourth-order valence-electron chi connectivity index (χ4n) is 1.13. The van der Waals surface area contributed by atoms with Gasteiger partial charge in [-0.2, -0.15) is 0 Å². The molecule has 2 heteroatoms. The Bertz CT molecular complexity index is 214. The van der Waals surface area contributed by atoms with Gasteiger partial charge in [0.15, 0.2) is 0 Å². The highest BCUT2D eigenvalue weighted by Gasteiger charge is 2.00. The van der Waals surface area contributed by atoms with Crippen LogP contribution < -0.4 is 0 Å². The summed E-state index contributed by atoms with van der Waals surface area (Å²) in [7, 11) is 0. The third kappa shape index (κ3) is 6.46. The first-order valence-electron chi connectivity index (χ1n) is 5.31. The minimum absolute atomic E-state index is 0.469. The van der Waals surface area contributed by atoms with E-state index in [1.54, 1.807) is 6.08 Å². The third-order valence-corrected chi connectivity index (χ3v) is 2.06. The summed E-state index contributed by atoms with van der Waals surface area (Å²) < 4.78 is 0. The van der Waals surface area contributed by atoms with Crippen LogP contribution in [0.15, 0.2) is 23.8 Å². The van der Waals surface area contributed by atoms with Crippen molar-refractivity contribution >= 4 is 5.97 Å². The molecule has 0 aromatic heterocycles. The van der Waals surface area contributed by atoms with Crippen LogP contribution in [0.5, 0.6) is 0 Å². The summed E-state index contributed by atoms with van der Waals surface area (Å²) in [6.07, 6.45) is 10.8. The molecule has 1 N–H and O–H groups in total. The number of allylic oxidation sites excluding steroid dienone is 3. The van der Waals surface area contributed by atoms with Crippen molar-refractivity contribution in [2.45, 2.75) is 46.0 Å². The number of carboxylic acids is 1. The van der Waals surface area contributed by atoms with Crippen LogP contribution in [0.4, 0.5) is 0 Å². The van der Waals surface area contributed by atoms with E-state index in [2.05, 4.69) is 6.92 Å². The van der Waals surface area contributed by atoms with Crippen molar-refractivity contribution in [1.82, 2.24) is 0 Å². The Kier molecular flexibility index (Phi) is 7.90. The standard InChI is InChI=1S/C12H20O2/c1-3-5-6-7-8-9-10-11(4-2)12(13)14/h8-10H,3-7H2,1-2H3,(H,13,14)/b9-8-,11-10+. The van der Waals surface area contributed by atoms with E-state index >= 15 is 0 Å². The summed E-state index contributed by atoms with van der Waals surface area (Å²) in [6.45, 7) is 4.02. The van der Waals surface area contributed by atoms with Crippen molar-refractivity contribution in [2.24, 2.45) is 0 Å². The maximum Gasteiger partial charge on any atom is 0.331 e. The normalized spacial score (nSPS) is 12.3. The lowest BCUT2D eigenvalue weighted by Gasteiger charge is -1.94. The molecule has 0 aliphatic rings. The van der Waals surface area contributed by atoms with Gasteiger partial charge in [0, 0.05) is 5.57 Å². The Labute approximate surface area is 86.3 Å². The molecular formula is C12H20O2. The van der Waals surface area contributed by atoms with Crippen molar-refractivity contribution in [2.75, 3.05) is 0 Å². The molecule has 0 bridgehead atoms. The second-order valence-corrected chi connectivity index (χ2v) is 3.27. The van der Waals surface area contributed by atoms with Crippen molar-refractivity contribution in [3.63, 3.8) is 0 Å². The molecule has 0 atom stereocenters. The lowest BCUT2D eigenvalue weighted by molar-refractivity contribution is -0.132. The van der Waals surface area contributed by atoms with Gasteiger partial charge in [-0.25, -0.2) is 4.79 Å². The zero-order valence-electron chi connectivity index (χ0n) is 9.12. The average molecular weight is 196 g/mol. The highest BCUT2D eigenvalue weighted by atomic mass is 16.4. The van der Waals surface area contributed by atoms with Crippen LogP contribution in [0.3, 0.4) is 0 Å². The molecule has 0 spiro atoms. The summed E-state index contributed by atoms with van der Waals surface area (Å²) >= 11 is 0. The molecule has 2 nitrogen and oxygen atoms in total. The van der Waals surface area contributed by atoms with Crippen LogP contribution in [0, 0.1) is 0 Å². The Hall–Kier alpha value is -1.05. The van der Waals surface area contributed by atoms with E-state index in [-0.39, 0.29) is 0 Å². The van der Waals surface area contributed by atoms with Crippen LogP contribution >= 0.6 is 0 Å². The molecule has 0 aliphatic carbocycles. The zero-order valence-corrected chi connectivity index (χ0v) is 9.12. The lowest BCUT2D eigenvalue weighted by atomic mass is 10.1. The van der Waals surface area contributed by atoms with Gasteiger partial charge in [-0.1, -0.05) is 44.9 Å². The van der Waals surface area contributed by atoms with E-state index in [9.17, 15) is 4.79 Å². The fraction of sp³-hybridized carbons (Fsp3) is 0.583. The average Bonchev–Trinajstić information content (AvgIpc) is 2.16. The maximum atomic E-state index is 10.6. The van der Waals surface area contributed by atoms with Gasteiger partial charge in [-0.15, -0.1) is 0 Å². The Morgan fingerprint density at radius 3 is 2.50 bits per heavy atom. The smallest absolute Gasteiger partial charge is 0.331 e. The molecule has 0 radical (unpaired) electrons. The molecule has 0 aliphatic heterocycles. The van der Waals surface area contributed by atoms with Crippen molar-refractivity contribution in [3.05, 3.63) is 23.8 Å². The minimum Gasteiger partial charge on any atom is -0.478 e. The van der Waals surface area contributed by atoms with Gasteiger partial charge in [0.1, 0.15) is 0 Å². The maximum absolute atomic E-state index is 10.6. The second kappa shape index (κ2) is 8.54. The van der Waals surface area contributed by atoms with Crippen LogP contribution in [-0.4, -0.2) is 11.1 Å². The summed E-state index contributed by atoms with van der Waals surface area (Å²) in [5.74, 6) is -0.814. The molecule has 80 valence electrons. The second-order valence-electron chi connectivity index (χ2n) is 3.27. The molecule has 0 fully saturated rings. The molecule has 0 rings (SSSR count). The van der Waals surface area contributed by atoms with Crippen molar-refractivity contribution < 1.29 is 9.90 Å². The van der Waals surface area contributed by atoms with Crippen LogP contribution in [0.25, 0.3) is 0 Å². The molecule has 0 saturated heterocycles. The number of aliphatic carboxylic acids is 1. The number of hydrogen-bond acceptors (Lipinski definition) is 1. The summed E-state index contributed by atoms with van der Waals surface area (Å²) in [6, 6.07) is 0. The Morgan fingerprint density at radius 2 is 2.00 bits per heavy atom. The van der Waals surface area contributed by atoms with Gasteiger partial charge >= 0.3 is 5.97 Å². The van der Waals surface area contributed by atoms with Gasteiger partial charge in [-0.05, 0) is 19.3 Å². The molecule has 0 heterocycles. The van der Waals surface area contributed by atoms with E-state index in [0.29, 0.717) is 12.0 Å². The van der Waals surface area contributed by atoms with E-state index in [0.717, 1.165) is 6.42 Å². The topological polar surface area (TPSA) is 37.3 Å². The highest BCUT2D eigenvalue weighted by Crippen LogP contribution is 2.03. The molecule has 0 unspecified atom stereocenters. The van der Waals surface area contributed by atoms with E-state index in [4.69, 9.17) is 5.11 Å². The predicted molar refractivity (Wildman–Crippen MR) is 59.3 cm³/mol. The van der Waals surface area contributed by atoms with Gasteiger partial charge < -0.3 is 5.11 Å².